The lowest BCUT2D eigenvalue weighted by Crippen LogP contribution is -2.58. The van der Waals surface area contributed by atoms with Crippen LogP contribution in [0.15, 0.2) is 28.7 Å². The first-order valence-electron chi connectivity index (χ1n) is 6.76. The maximum atomic E-state index is 12.6. The summed E-state index contributed by atoms with van der Waals surface area (Å²) in [5.41, 5.74) is 1.23. The van der Waals surface area contributed by atoms with Crippen LogP contribution >= 0.6 is 15.9 Å². The molecule has 3 aliphatic heterocycles. The third-order valence-corrected chi connectivity index (χ3v) is 5.59. The number of hydrogen-bond donors (Lipinski definition) is 0. The van der Waals surface area contributed by atoms with Crippen molar-refractivity contribution in [3.63, 3.8) is 0 Å². The molecule has 94 valence electrons. The van der Waals surface area contributed by atoms with Gasteiger partial charge in [-0.2, -0.15) is 0 Å². The smallest absolute Gasteiger partial charge is 0.156 e. The van der Waals surface area contributed by atoms with Gasteiger partial charge in [0.05, 0.1) is 5.54 Å². The number of halogens is 1. The van der Waals surface area contributed by atoms with E-state index in [-0.39, 0.29) is 5.54 Å². The molecule has 1 aromatic carbocycles. The number of rotatable bonds is 1. The SMILES string of the molecule is O=C1C2CCN(CC2)C12CC2c1ccc(Br)cc1. The molecular formula is C15H16BrNO. The Balaban J connectivity index is 1.67. The summed E-state index contributed by atoms with van der Waals surface area (Å²) >= 11 is 3.47. The zero-order valence-corrected chi connectivity index (χ0v) is 11.8. The van der Waals surface area contributed by atoms with Crippen molar-refractivity contribution in [2.45, 2.75) is 30.7 Å². The monoisotopic (exact) mass is 305 g/mol. The second-order valence-corrected chi connectivity index (χ2v) is 6.77. The molecule has 1 spiro atoms. The summed E-state index contributed by atoms with van der Waals surface area (Å²) < 4.78 is 1.11. The van der Waals surface area contributed by atoms with Gasteiger partial charge in [-0.25, -0.2) is 0 Å². The van der Waals surface area contributed by atoms with Crippen molar-refractivity contribution in [1.29, 1.82) is 0 Å². The predicted octanol–water partition coefficient (Wildman–Crippen LogP) is 2.97. The lowest BCUT2D eigenvalue weighted by Gasteiger charge is -2.45. The van der Waals surface area contributed by atoms with Crippen molar-refractivity contribution in [2.24, 2.45) is 5.92 Å². The minimum atomic E-state index is -0.102. The molecule has 3 heteroatoms. The van der Waals surface area contributed by atoms with Gasteiger partial charge in [0.15, 0.2) is 5.78 Å². The van der Waals surface area contributed by atoms with Crippen LogP contribution in [0.1, 0.15) is 30.7 Å². The first-order valence-corrected chi connectivity index (χ1v) is 7.56. The van der Waals surface area contributed by atoms with Crippen molar-refractivity contribution < 1.29 is 4.79 Å². The average molecular weight is 306 g/mol. The highest BCUT2D eigenvalue weighted by Crippen LogP contribution is 2.60. The normalized spacial score (nSPS) is 41.4. The molecule has 4 aliphatic rings. The molecule has 2 nitrogen and oxygen atoms in total. The lowest BCUT2D eigenvalue weighted by molar-refractivity contribution is -0.139. The van der Waals surface area contributed by atoms with Gasteiger partial charge >= 0.3 is 0 Å². The second kappa shape index (κ2) is 3.67. The van der Waals surface area contributed by atoms with E-state index in [0.29, 0.717) is 17.6 Å². The number of carbonyl (C=O) groups is 1. The van der Waals surface area contributed by atoms with Crippen LogP contribution in [0.5, 0.6) is 0 Å². The summed E-state index contributed by atoms with van der Waals surface area (Å²) in [5.74, 6) is 1.34. The highest BCUT2D eigenvalue weighted by Gasteiger charge is 2.67. The first-order chi connectivity index (χ1) is 8.72. The van der Waals surface area contributed by atoms with Gasteiger partial charge in [-0.15, -0.1) is 0 Å². The van der Waals surface area contributed by atoms with E-state index in [0.717, 1.165) is 36.8 Å². The molecule has 1 aliphatic carbocycles. The van der Waals surface area contributed by atoms with Gasteiger partial charge in [0.25, 0.3) is 0 Å². The molecule has 2 atom stereocenters. The Labute approximate surface area is 115 Å². The molecule has 3 heterocycles. The van der Waals surface area contributed by atoms with Gasteiger partial charge in [0.1, 0.15) is 0 Å². The van der Waals surface area contributed by atoms with E-state index in [4.69, 9.17) is 0 Å². The maximum absolute atomic E-state index is 12.6. The van der Waals surface area contributed by atoms with Crippen LogP contribution in [-0.4, -0.2) is 29.3 Å². The van der Waals surface area contributed by atoms with E-state index >= 15 is 0 Å². The van der Waals surface area contributed by atoms with E-state index in [1.165, 1.54) is 5.56 Å². The number of fused-ring (bicyclic) bond motifs is 2. The Morgan fingerprint density at radius 3 is 2.44 bits per heavy atom. The highest BCUT2D eigenvalue weighted by atomic mass is 79.9. The van der Waals surface area contributed by atoms with E-state index < -0.39 is 0 Å². The van der Waals surface area contributed by atoms with Crippen LogP contribution in [0.3, 0.4) is 0 Å². The largest absolute Gasteiger partial charge is 0.297 e. The summed E-state index contributed by atoms with van der Waals surface area (Å²) in [4.78, 5) is 15.0. The average Bonchev–Trinajstić information content (AvgIpc) is 3.13. The first kappa shape index (κ1) is 11.2. The van der Waals surface area contributed by atoms with Crippen molar-refractivity contribution >= 4 is 21.7 Å². The van der Waals surface area contributed by atoms with Crippen molar-refractivity contribution in [2.75, 3.05) is 13.1 Å². The van der Waals surface area contributed by atoms with Crippen LogP contribution in [-0.2, 0) is 4.79 Å². The van der Waals surface area contributed by atoms with Crippen molar-refractivity contribution in [3.8, 4) is 0 Å². The molecular weight excluding hydrogens is 290 g/mol. The van der Waals surface area contributed by atoms with Crippen LogP contribution < -0.4 is 0 Å². The molecule has 0 radical (unpaired) electrons. The standard InChI is InChI=1S/C15H16BrNO/c16-12-3-1-10(2-4-12)13-9-15(13)14(18)11-5-7-17(15)8-6-11/h1-4,11,13H,5-9H2. The Bertz CT molecular complexity index is 504. The third-order valence-electron chi connectivity index (χ3n) is 5.06. The number of Topliss-reactive ketones (excluding diaryl/α,β-unsaturated/α-hetero) is 1. The Morgan fingerprint density at radius 1 is 1.17 bits per heavy atom. The summed E-state index contributed by atoms with van der Waals surface area (Å²) in [6.07, 6.45) is 3.23. The molecule has 0 N–H and O–H groups in total. The van der Waals surface area contributed by atoms with E-state index in [2.05, 4.69) is 45.1 Å². The molecule has 3 saturated heterocycles. The number of ketones is 1. The summed E-state index contributed by atoms with van der Waals surface area (Å²) in [6.45, 7) is 2.26. The van der Waals surface area contributed by atoms with E-state index in [9.17, 15) is 4.79 Å². The Kier molecular flexibility index (Phi) is 2.28. The molecule has 1 aromatic rings. The summed E-state index contributed by atoms with van der Waals surface area (Å²) in [5, 5.41) is 0. The molecule has 5 rings (SSSR count). The molecule has 1 saturated carbocycles. The number of benzene rings is 1. The minimum absolute atomic E-state index is 0.102. The van der Waals surface area contributed by atoms with Crippen LogP contribution in [0, 0.1) is 5.92 Å². The fourth-order valence-corrected chi connectivity index (χ4v) is 4.28. The Hall–Kier alpha value is -0.670. The highest BCUT2D eigenvalue weighted by molar-refractivity contribution is 9.10. The topological polar surface area (TPSA) is 20.3 Å². The Morgan fingerprint density at radius 2 is 1.83 bits per heavy atom. The molecule has 2 bridgehead atoms. The van der Waals surface area contributed by atoms with Gasteiger partial charge in [0, 0.05) is 16.3 Å². The van der Waals surface area contributed by atoms with Gasteiger partial charge in [-0.3, -0.25) is 9.69 Å². The molecule has 4 fully saturated rings. The van der Waals surface area contributed by atoms with Crippen LogP contribution in [0.25, 0.3) is 0 Å². The predicted molar refractivity (Wildman–Crippen MR) is 73.5 cm³/mol. The molecule has 0 amide bonds. The minimum Gasteiger partial charge on any atom is -0.297 e. The summed E-state index contributed by atoms with van der Waals surface area (Å²) in [6, 6.07) is 8.50. The number of carbonyl (C=O) groups excluding carboxylic acids is 1. The van der Waals surface area contributed by atoms with E-state index in [1.54, 1.807) is 0 Å². The van der Waals surface area contributed by atoms with Crippen molar-refractivity contribution in [3.05, 3.63) is 34.3 Å². The fraction of sp³-hybridized carbons (Fsp3) is 0.533. The number of piperidine rings is 3. The second-order valence-electron chi connectivity index (χ2n) is 5.86. The third kappa shape index (κ3) is 1.35. The lowest BCUT2D eigenvalue weighted by atomic mass is 9.79. The summed E-state index contributed by atoms with van der Waals surface area (Å²) in [7, 11) is 0. The number of hydrogen-bond acceptors (Lipinski definition) is 2. The molecule has 0 aromatic heterocycles. The molecule has 2 unspecified atom stereocenters. The van der Waals surface area contributed by atoms with Crippen molar-refractivity contribution in [1.82, 2.24) is 4.90 Å². The van der Waals surface area contributed by atoms with E-state index in [1.807, 2.05) is 0 Å². The zero-order chi connectivity index (χ0) is 12.3. The van der Waals surface area contributed by atoms with Crippen LogP contribution in [0.2, 0.25) is 0 Å². The quantitative estimate of drug-likeness (QED) is 0.795. The molecule has 18 heavy (non-hydrogen) atoms. The van der Waals surface area contributed by atoms with Gasteiger partial charge in [0.2, 0.25) is 0 Å². The maximum Gasteiger partial charge on any atom is 0.156 e. The number of nitrogens with zero attached hydrogens (tertiary/aromatic N) is 1. The van der Waals surface area contributed by atoms with Gasteiger partial charge < -0.3 is 0 Å². The van der Waals surface area contributed by atoms with Crippen LogP contribution in [0.4, 0.5) is 0 Å². The fourth-order valence-electron chi connectivity index (χ4n) is 4.01. The van der Waals surface area contributed by atoms with Gasteiger partial charge in [-0.05, 0) is 50.0 Å². The van der Waals surface area contributed by atoms with Gasteiger partial charge in [-0.1, -0.05) is 28.1 Å². The zero-order valence-electron chi connectivity index (χ0n) is 10.2.